The molecule has 0 radical (unpaired) electrons. The predicted octanol–water partition coefficient (Wildman–Crippen LogP) is 9.10. The lowest BCUT2D eigenvalue weighted by Crippen LogP contribution is -1.76. The van der Waals surface area contributed by atoms with Crippen molar-refractivity contribution in [1.82, 2.24) is 0 Å². The van der Waals surface area contributed by atoms with E-state index in [0.717, 1.165) is 44.2 Å². The van der Waals surface area contributed by atoms with Gasteiger partial charge in [0.25, 0.3) is 0 Å². The molecule has 0 N–H and O–H groups in total. The van der Waals surface area contributed by atoms with Gasteiger partial charge in [-0.3, -0.25) is 0 Å². The van der Waals surface area contributed by atoms with E-state index in [9.17, 15) is 0 Å². The summed E-state index contributed by atoms with van der Waals surface area (Å²) in [5.74, 6) is 0.818. The molecule has 0 saturated carbocycles. The third kappa shape index (κ3) is 3.46. The van der Waals surface area contributed by atoms with Crippen LogP contribution in [0.4, 0.5) is 0 Å². The van der Waals surface area contributed by atoms with Gasteiger partial charge in [-0.2, -0.15) is 0 Å². The Bertz CT molecular complexity index is 1650. The van der Waals surface area contributed by atoms with Crippen LogP contribution in [0.5, 0.6) is 0 Å². The minimum absolute atomic E-state index is 0.779. The first-order chi connectivity index (χ1) is 16.3. The van der Waals surface area contributed by atoms with Crippen LogP contribution in [0, 0.1) is 0 Å². The number of hydrogen-bond acceptors (Lipinski definition) is 2. The van der Waals surface area contributed by atoms with Crippen LogP contribution >= 0.6 is 0 Å². The minimum Gasteiger partial charge on any atom is -0.452 e. The highest BCUT2D eigenvalue weighted by atomic mass is 16.4. The second-order valence-corrected chi connectivity index (χ2v) is 8.25. The Hall–Kier alpha value is -4.30. The van der Waals surface area contributed by atoms with Gasteiger partial charge in [-0.1, -0.05) is 90.6 Å². The van der Waals surface area contributed by atoms with Crippen LogP contribution in [-0.2, 0) is 0 Å². The molecule has 0 atom stereocenters. The van der Waals surface area contributed by atoms with E-state index in [0.29, 0.717) is 0 Å². The highest BCUT2D eigenvalue weighted by molar-refractivity contribution is 6.15. The molecule has 158 valence electrons. The largest absolute Gasteiger partial charge is 0.452 e. The molecule has 2 nitrogen and oxygen atoms in total. The SMILES string of the molecule is CC1=CC=CC=Cc2oc3c(ccc4c5cc(-c6ccccc6)ccc5oc43)c2C=CC=C1. The summed E-state index contributed by atoms with van der Waals surface area (Å²) in [7, 11) is 0. The third-order valence-electron chi connectivity index (χ3n) is 6.03. The average Bonchev–Trinajstić information content (AvgIpc) is 3.39. The van der Waals surface area contributed by atoms with E-state index < -0.39 is 0 Å². The standard InChI is InChI=1S/C31H22O2/c1-21-10-4-2-7-15-28-24(14-9-8-11-21)25-17-18-26-27-20-23(22-12-5-3-6-13-22)16-19-29(27)33-31(26)30(25)32-28/h2-20H,1H3. The fourth-order valence-corrected chi connectivity index (χ4v) is 4.36. The molecule has 0 amide bonds. The molecular weight excluding hydrogens is 404 g/mol. The van der Waals surface area contributed by atoms with Crippen molar-refractivity contribution < 1.29 is 8.83 Å². The zero-order valence-corrected chi connectivity index (χ0v) is 18.3. The Morgan fingerprint density at radius 1 is 0.576 bits per heavy atom. The Balaban J connectivity index is 1.56. The van der Waals surface area contributed by atoms with E-state index in [1.54, 1.807) is 0 Å². The van der Waals surface area contributed by atoms with Gasteiger partial charge in [0.1, 0.15) is 11.3 Å². The summed E-state index contributed by atoms with van der Waals surface area (Å²) >= 11 is 0. The number of benzene rings is 3. The second kappa shape index (κ2) is 7.99. The molecule has 0 aliphatic heterocycles. The van der Waals surface area contributed by atoms with E-state index in [-0.39, 0.29) is 0 Å². The molecule has 6 rings (SSSR count). The highest BCUT2D eigenvalue weighted by Crippen LogP contribution is 2.39. The van der Waals surface area contributed by atoms with Crippen LogP contribution in [0.3, 0.4) is 0 Å². The molecule has 0 saturated heterocycles. The first-order valence-corrected chi connectivity index (χ1v) is 11.1. The molecular formula is C31H22O2. The molecule has 0 spiro atoms. The molecule has 2 heterocycles. The molecule has 33 heavy (non-hydrogen) atoms. The van der Waals surface area contributed by atoms with Gasteiger partial charge in [0.15, 0.2) is 11.2 Å². The Kier molecular flexibility index (Phi) is 4.70. The second-order valence-electron chi connectivity index (χ2n) is 8.25. The van der Waals surface area contributed by atoms with Crippen molar-refractivity contribution >= 4 is 45.1 Å². The van der Waals surface area contributed by atoms with Crippen LogP contribution in [0.25, 0.3) is 56.2 Å². The first kappa shape index (κ1) is 19.4. The normalized spacial score (nSPS) is 13.9. The number of allylic oxidation sites excluding steroid dienone is 8. The third-order valence-corrected chi connectivity index (χ3v) is 6.03. The summed E-state index contributed by atoms with van der Waals surface area (Å²) in [5, 5.41) is 3.20. The Morgan fingerprint density at radius 2 is 1.36 bits per heavy atom. The first-order valence-electron chi connectivity index (χ1n) is 11.1. The lowest BCUT2D eigenvalue weighted by Gasteiger charge is -2.01. The maximum Gasteiger partial charge on any atom is 0.178 e. The summed E-state index contributed by atoms with van der Waals surface area (Å²) in [6, 6.07) is 21.1. The molecule has 2 aromatic heterocycles. The summed E-state index contributed by atoms with van der Waals surface area (Å²) in [4.78, 5) is 0. The zero-order chi connectivity index (χ0) is 22.2. The van der Waals surface area contributed by atoms with Crippen molar-refractivity contribution in [3.8, 4) is 11.1 Å². The van der Waals surface area contributed by atoms with E-state index in [1.807, 2.05) is 30.4 Å². The lowest BCUT2D eigenvalue weighted by atomic mass is 10.0. The van der Waals surface area contributed by atoms with Gasteiger partial charge in [0.05, 0.1) is 0 Å². The number of fused-ring (bicyclic) bond motifs is 7. The summed E-state index contributed by atoms with van der Waals surface area (Å²) in [5.41, 5.74) is 7.04. The lowest BCUT2D eigenvalue weighted by molar-refractivity contribution is 0.590. The maximum absolute atomic E-state index is 6.37. The van der Waals surface area contributed by atoms with E-state index in [4.69, 9.17) is 8.83 Å². The van der Waals surface area contributed by atoms with Gasteiger partial charge in [-0.15, -0.1) is 0 Å². The van der Waals surface area contributed by atoms with Gasteiger partial charge < -0.3 is 8.83 Å². The van der Waals surface area contributed by atoms with E-state index in [1.165, 1.54) is 16.7 Å². The maximum atomic E-state index is 6.37. The number of hydrogen-bond donors (Lipinski definition) is 0. The van der Waals surface area contributed by atoms with Gasteiger partial charge in [0.2, 0.25) is 0 Å². The van der Waals surface area contributed by atoms with Gasteiger partial charge >= 0.3 is 0 Å². The van der Waals surface area contributed by atoms with E-state index in [2.05, 4.69) is 91.9 Å². The Labute approximate surface area is 192 Å². The van der Waals surface area contributed by atoms with Crippen LogP contribution in [-0.4, -0.2) is 0 Å². The smallest absolute Gasteiger partial charge is 0.178 e. The monoisotopic (exact) mass is 426 g/mol. The summed E-state index contributed by atoms with van der Waals surface area (Å²) in [6.45, 7) is 2.09. The quantitative estimate of drug-likeness (QED) is 0.267. The van der Waals surface area contributed by atoms with Crippen molar-refractivity contribution in [1.29, 1.82) is 0 Å². The number of rotatable bonds is 1. The minimum atomic E-state index is 0.779. The zero-order valence-electron chi connectivity index (χ0n) is 18.3. The molecule has 0 unspecified atom stereocenters. The van der Waals surface area contributed by atoms with Gasteiger partial charge in [-0.25, -0.2) is 0 Å². The van der Waals surface area contributed by atoms with Crippen molar-refractivity contribution in [2.24, 2.45) is 0 Å². The molecule has 1 aliphatic rings. The fraction of sp³-hybridized carbons (Fsp3) is 0.0323. The molecule has 3 aromatic carbocycles. The summed E-state index contributed by atoms with van der Waals surface area (Å²) < 4.78 is 12.7. The topological polar surface area (TPSA) is 26.3 Å². The predicted molar refractivity (Wildman–Crippen MR) is 139 cm³/mol. The molecule has 0 fully saturated rings. The van der Waals surface area contributed by atoms with Crippen molar-refractivity contribution in [2.45, 2.75) is 6.92 Å². The van der Waals surface area contributed by atoms with Crippen LogP contribution in [0.2, 0.25) is 0 Å². The molecule has 2 heteroatoms. The Morgan fingerprint density at radius 3 is 2.27 bits per heavy atom. The molecule has 1 aliphatic carbocycles. The van der Waals surface area contributed by atoms with E-state index >= 15 is 0 Å². The highest BCUT2D eigenvalue weighted by Gasteiger charge is 2.17. The molecule has 0 bridgehead atoms. The summed E-state index contributed by atoms with van der Waals surface area (Å²) in [6.07, 6.45) is 18.4. The average molecular weight is 427 g/mol. The van der Waals surface area contributed by atoms with Crippen molar-refractivity contribution in [3.63, 3.8) is 0 Å². The van der Waals surface area contributed by atoms with Gasteiger partial charge in [-0.05, 0) is 48.4 Å². The number of furan rings is 2. The van der Waals surface area contributed by atoms with Crippen LogP contribution in [0.15, 0.2) is 118 Å². The van der Waals surface area contributed by atoms with Crippen LogP contribution < -0.4 is 0 Å². The van der Waals surface area contributed by atoms with Crippen molar-refractivity contribution in [2.75, 3.05) is 0 Å². The van der Waals surface area contributed by atoms with Crippen LogP contribution in [0.1, 0.15) is 18.2 Å². The van der Waals surface area contributed by atoms with Gasteiger partial charge in [0, 0.05) is 21.7 Å². The fourth-order valence-electron chi connectivity index (χ4n) is 4.36. The van der Waals surface area contributed by atoms with Crippen molar-refractivity contribution in [3.05, 3.63) is 120 Å². The molecule has 5 aromatic rings.